The van der Waals surface area contributed by atoms with Gasteiger partial charge in [0.25, 0.3) is 0 Å². The number of hydrogen-bond acceptors (Lipinski definition) is 3. The molecule has 92 valence electrons. The standard InChI is InChI=1S/C12H28N2O/c1-4-9-14(10-5-2)12(11-15-3)7-6-8-13/h12H,4-11,13H2,1-3H3. The maximum atomic E-state index is 5.56. The number of rotatable bonds is 10. The van der Waals surface area contributed by atoms with Crippen molar-refractivity contribution in [3.05, 3.63) is 0 Å². The molecule has 3 heteroatoms. The molecule has 0 aliphatic heterocycles. The third-order valence-corrected chi connectivity index (χ3v) is 2.64. The molecular formula is C12H28N2O. The Morgan fingerprint density at radius 3 is 2.20 bits per heavy atom. The minimum atomic E-state index is 0.554. The Labute approximate surface area is 95.0 Å². The first-order chi connectivity index (χ1) is 7.29. The van der Waals surface area contributed by atoms with Gasteiger partial charge < -0.3 is 10.5 Å². The van der Waals surface area contributed by atoms with Gasteiger partial charge in [-0.2, -0.15) is 0 Å². The Kier molecular flexibility index (Phi) is 10.3. The van der Waals surface area contributed by atoms with Gasteiger partial charge in [0.2, 0.25) is 0 Å². The summed E-state index contributed by atoms with van der Waals surface area (Å²) in [5.74, 6) is 0. The number of methoxy groups -OCH3 is 1. The molecule has 2 N–H and O–H groups in total. The highest BCUT2D eigenvalue weighted by Crippen LogP contribution is 2.09. The second-order valence-electron chi connectivity index (χ2n) is 4.08. The molecule has 0 spiro atoms. The van der Waals surface area contributed by atoms with Crippen LogP contribution in [0.2, 0.25) is 0 Å². The fourth-order valence-corrected chi connectivity index (χ4v) is 1.97. The van der Waals surface area contributed by atoms with Crippen LogP contribution < -0.4 is 5.73 Å². The molecule has 0 rings (SSSR count). The van der Waals surface area contributed by atoms with Crippen molar-refractivity contribution in [3.63, 3.8) is 0 Å². The molecule has 0 fully saturated rings. The van der Waals surface area contributed by atoms with Gasteiger partial charge in [-0.1, -0.05) is 13.8 Å². The van der Waals surface area contributed by atoms with Crippen molar-refractivity contribution >= 4 is 0 Å². The average molecular weight is 216 g/mol. The topological polar surface area (TPSA) is 38.5 Å². The zero-order valence-corrected chi connectivity index (χ0v) is 10.7. The highest BCUT2D eigenvalue weighted by Gasteiger charge is 2.16. The van der Waals surface area contributed by atoms with E-state index in [1.54, 1.807) is 7.11 Å². The second-order valence-corrected chi connectivity index (χ2v) is 4.08. The molecule has 1 unspecified atom stereocenters. The van der Waals surface area contributed by atoms with Crippen molar-refractivity contribution < 1.29 is 4.74 Å². The van der Waals surface area contributed by atoms with E-state index in [4.69, 9.17) is 10.5 Å². The molecule has 0 saturated heterocycles. The van der Waals surface area contributed by atoms with Crippen LogP contribution in [0, 0.1) is 0 Å². The molecular weight excluding hydrogens is 188 g/mol. The minimum Gasteiger partial charge on any atom is -0.383 e. The van der Waals surface area contributed by atoms with Crippen LogP contribution in [0.3, 0.4) is 0 Å². The molecule has 0 heterocycles. The number of nitrogens with two attached hydrogens (primary N) is 1. The lowest BCUT2D eigenvalue weighted by Gasteiger charge is -2.30. The molecule has 3 nitrogen and oxygen atoms in total. The maximum Gasteiger partial charge on any atom is 0.0618 e. The summed E-state index contributed by atoms with van der Waals surface area (Å²) >= 11 is 0. The van der Waals surface area contributed by atoms with Crippen LogP contribution in [0.15, 0.2) is 0 Å². The average Bonchev–Trinajstić information content (AvgIpc) is 2.24. The van der Waals surface area contributed by atoms with E-state index >= 15 is 0 Å². The van der Waals surface area contributed by atoms with Crippen molar-refractivity contribution in [2.45, 2.75) is 45.6 Å². The van der Waals surface area contributed by atoms with Crippen LogP contribution in [0.5, 0.6) is 0 Å². The third-order valence-electron chi connectivity index (χ3n) is 2.64. The first kappa shape index (κ1) is 14.9. The Hall–Kier alpha value is -0.120. The van der Waals surface area contributed by atoms with Crippen molar-refractivity contribution in [1.29, 1.82) is 0 Å². The summed E-state index contributed by atoms with van der Waals surface area (Å²) in [6, 6.07) is 0.554. The van der Waals surface area contributed by atoms with Gasteiger partial charge >= 0.3 is 0 Å². The maximum absolute atomic E-state index is 5.56. The van der Waals surface area contributed by atoms with E-state index in [0.717, 1.165) is 26.0 Å². The molecule has 0 bridgehead atoms. The molecule has 0 aromatic rings. The monoisotopic (exact) mass is 216 g/mol. The smallest absolute Gasteiger partial charge is 0.0618 e. The molecule has 1 atom stereocenters. The number of ether oxygens (including phenoxy) is 1. The molecule has 0 amide bonds. The van der Waals surface area contributed by atoms with Gasteiger partial charge in [-0.15, -0.1) is 0 Å². The third kappa shape index (κ3) is 6.88. The van der Waals surface area contributed by atoms with Gasteiger partial charge in [0.1, 0.15) is 0 Å². The van der Waals surface area contributed by atoms with Crippen molar-refractivity contribution in [2.24, 2.45) is 5.73 Å². The lowest BCUT2D eigenvalue weighted by molar-refractivity contribution is 0.0837. The fraction of sp³-hybridized carbons (Fsp3) is 1.00. The lowest BCUT2D eigenvalue weighted by atomic mass is 10.1. The van der Waals surface area contributed by atoms with Gasteiger partial charge in [0.05, 0.1) is 6.61 Å². The molecule has 0 aromatic carbocycles. The Balaban J connectivity index is 4.09. The van der Waals surface area contributed by atoms with E-state index in [1.807, 2.05) is 0 Å². The van der Waals surface area contributed by atoms with Gasteiger partial charge in [-0.3, -0.25) is 4.90 Å². The van der Waals surface area contributed by atoms with Gasteiger partial charge in [0.15, 0.2) is 0 Å². The summed E-state index contributed by atoms with van der Waals surface area (Å²) in [7, 11) is 1.78. The van der Waals surface area contributed by atoms with Crippen LogP contribution in [0.25, 0.3) is 0 Å². The SMILES string of the molecule is CCCN(CCC)C(CCCN)COC. The Bertz CT molecular complexity index is 125. The highest BCUT2D eigenvalue weighted by atomic mass is 16.5. The molecule has 0 aliphatic carbocycles. The van der Waals surface area contributed by atoms with Gasteiger partial charge in [-0.25, -0.2) is 0 Å². The van der Waals surface area contributed by atoms with Gasteiger partial charge in [0, 0.05) is 13.2 Å². The summed E-state index contributed by atoms with van der Waals surface area (Å²) in [5.41, 5.74) is 5.56. The van der Waals surface area contributed by atoms with Crippen LogP contribution in [-0.2, 0) is 4.74 Å². The Morgan fingerprint density at radius 2 is 1.80 bits per heavy atom. The quantitative estimate of drug-likeness (QED) is 0.606. The van der Waals surface area contributed by atoms with E-state index < -0.39 is 0 Å². The van der Waals surface area contributed by atoms with E-state index in [0.29, 0.717) is 6.04 Å². The van der Waals surface area contributed by atoms with Gasteiger partial charge in [-0.05, 0) is 45.3 Å². The lowest BCUT2D eigenvalue weighted by Crippen LogP contribution is -2.39. The predicted molar refractivity (Wildman–Crippen MR) is 66.1 cm³/mol. The summed E-state index contributed by atoms with van der Waals surface area (Å²) in [5, 5.41) is 0. The van der Waals surface area contributed by atoms with Crippen molar-refractivity contribution in [3.8, 4) is 0 Å². The molecule has 0 radical (unpaired) electrons. The summed E-state index contributed by atoms with van der Waals surface area (Å²) in [6.07, 6.45) is 4.67. The molecule has 15 heavy (non-hydrogen) atoms. The van der Waals surface area contributed by atoms with E-state index in [1.165, 1.54) is 25.9 Å². The van der Waals surface area contributed by atoms with E-state index in [9.17, 15) is 0 Å². The number of hydrogen-bond donors (Lipinski definition) is 1. The minimum absolute atomic E-state index is 0.554. The van der Waals surface area contributed by atoms with Crippen molar-refractivity contribution in [1.82, 2.24) is 4.90 Å². The molecule has 0 aromatic heterocycles. The zero-order chi connectivity index (χ0) is 11.5. The summed E-state index contributed by atoms with van der Waals surface area (Å²) in [6.45, 7) is 8.43. The predicted octanol–water partition coefficient (Wildman–Crippen LogP) is 1.86. The first-order valence-electron chi connectivity index (χ1n) is 6.23. The summed E-state index contributed by atoms with van der Waals surface area (Å²) in [4.78, 5) is 2.54. The van der Waals surface area contributed by atoms with E-state index in [2.05, 4.69) is 18.7 Å². The number of nitrogens with zero attached hydrogens (tertiary/aromatic N) is 1. The van der Waals surface area contributed by atoms with E-state index in [-0.39, 0.29) is 0 Å². The summed E-state index contributed by atoms with van der Waals surface area (Å²) < 4.78 is 5.29. The van der Waals surface area contributed by atoms with Crippen LogP contribution >= 0.6 is 0 Å². The molecule has 0 saturated carbocycles. The van der Waals surface area contributed by atoms with Crippen LogP contribution in [0.4, 0.5) is 0 Å². The normalized spacial score (nSPS) is 13.4. The fourth-order valence-electron chi connectivity index (χ4n) is 1.97. The highest BCUT2D eigenvalue weighted by molar-refractivity contribution is 4.71. The Morgan fingerprint density at radius 1 is 1.20 bits per heavy atom. The largest absolute Gasteiger partial charge is 0.383 e. The van der Waals surface area contributed by atoms with Crippen LogP contribution in [0.1, 0.15) is 39.5 Å². The molecule has 0 aliphatic rings. The van der Waals surface area contributed by atoms with Crippen LogP contribution in [-0.4, -0.2) is 44.3 Å². The second kappa shape index (κ2) is 10.4. The zero-order valence-electron chi connectivity index (χ0n) is 10.7. The van der Waals surface area contributed by atoms with Crippen molar-refractivity contribution in [2.75, 3.05) is 33.4 Å². The first-order valence-corrected chi connectivity index (χ1v) is 6.23.